The third kappa shape index (κ3) is 5.16. The summed E-state index contributed by atoms with van der Waals surface area (Å²) in [6, 6.07) is 12.6. The molecule has 1 aliphatic heterocycles. The molecule has 1 aliphatic rings. The van der Waals surface area contributed by atoms with E-state index in [1.165, 1.54) is 0 Å². The molecule has 2 N–H and O–H groups in total. The highest BCUT2D eigenvalue weighted by Gasteiger charge is 2.22. The SMILES string of the molecule is COc1ccc(CNC(=O)CNc2cc(Cl)ccc2C(=O)N2CCCC2)cc1. The predicted molar refractivity (Wildman–Crippen MR) is 110 cm³/mol. The zero-order chi connectivity index (χ0) is 19.9. The van der Waals surface area contributed by atoms with Crippen LogP contribution in [0, 0.1) is 0 Å². The first-order valence-electron chi connectivity index (χ1n) is 9.29. The Labute approximate surface area is 169 Å². The second kappa shape index (κ2) is 9.46. The van der Waals surface area contributed by atoms with Gasteiger partial charge in [0.15, 0.2) is 0 Å². The minimum absolute atomic E-state index is 0.0321. The van der Waals surface area contributed by atoms with Crippen LogP contribution in [0.2, 0.25) is 5.02 Å². The fraction of sp³-hybridized carbons (Fsp3) is 0.333. The van der Waals surface area contributed by atoms with Crippen LogP contribution < -0.4 is 15.4 Å². The highest BCUT2D eigenvalue weighted by molar-refractivity contribution is 6.31. The Balaban J connectivity index is 1.57. The van der Waals surface area contributed by atoms with Crippen molar-refractivity contribution in [3.63, 3.8) is 0 Å². The van der Waals surface area contributed by atoms with Crippen LogP contribution in [0.3, 0.4) is 0 Å². The van der Waals surface area contributed by atoms with E-state index in [1.807, 2.05) is 29.2 Å². The Bertz CT molecular complexity index is 833. The van der Waals surface area contributed by atoms with Crippen LogP contribution >= 0.6 is 11.6 Å². The van der Waals surface area contributed by atoms with Gasteiger partial charge in [-0.15, -0.1) is 0 Å². The molecule has 2 aromatic carbocycles. The lowest BCUT2D eigenvalue weighted by atomic mass is 10.1. The topological polar surface area (TPSA) is 70.7 Å². The monoisotopic (exact) mass is 401 g/mol. The van der Waals surface area contributed by atoms with Crippen molar-refractivity contribution in [2.45, 2.75) is 19.4 Å². The first-order chi connectivity index (χ1) is 13.6. The number of likely N-dealkylation sites (tertiary alicyclic amines) is 1. The smallest absolute Gasteiger partial charge is 0.255 e. The molecule has 1 fully saturated rings. The van der Waals surface area contributed by atoms with Crippen LogP contribution in [-0.2, 0) is 11.3 Å². The summed E-state index contributed by atoms with van der Waals surface area (Å²) in [6.45, 7) is 2.00. The van der Waals surface area contributed by atoms with Gasteiger partial charge in [0.05, 0.1) is 19.2 Å². The van der Waals surface area contributed by atoms with E-state index in [9.17, 15) is 9.59 Å². The number of methoxy groups -OCH3 is 1. The van der Waals surface area contributed by atoms with E-state index in [2.05, 4.69) is 10.6 Å². The number of hydrogen-bond donors (Lipinski definition) is 2. The normalized spacial score (nSPS) is 13.3. The molecule has 7 heteroatoms. The van der Waals surface area contributed by atoms with Crippen LogP contribution in [0.5, 0.6) is 5.75 Å². The van der Waals surface area contributed by atoms with Gasteiger partial charge in [0.1, 0.15) is 5.75 Å². The molecule has 28 heavy (non-hydrogen) atoms. The lowest BCUT2D eigenvalue weighted by Crippen LogP contribution is -2.31. The number of anilines is 1. The van der Waals surface area contributed by atoms with Crippen LogP contribution in [0.15, 0.2) is 42.5 Å². The van der Waals surface area contributed by atoms with Crippen molar-refractivity contribution >= 4 is 29.1 Å². The van der Waals surface area contributed by atoms with E-state index in [-0.39, 0.29) is 18.4 Å². The Kier molecular flexibility index (Phi) is 6.76. The first kappa shape index (κ1) is 20.0. The second-order valence-corrected chi connectivity index (χ2v) is 7.10. The molecule has 0 spiro atoms. The number of nitrogens with one attached hydrogen (secondary N) is 2. The number of hydrogen-bond acceptors (Lipinski definition) is 4. The van der Waals surface area contributed by atoms with Crippen molar-refractivity contribution in [3.05, 3.63) is 58.6 Å². The molecule has 0 aromatic heterocycles. The van der Waals surface area contributed by atoms with Crippen molar-refractivity contribution in [1.82, 2.24) is 10.2 Å². The first-order valence-corrected chi connectivity index (χ1v) is 9.67. The molecule has 6 nitrogen and oxygen atoms in total. The maximum atomic E-state index is 12.7. The van der Waals surface area contributed by atoms with E-state index < -0.39 is 0 Å². The highest BCUT2D eigenvalue weighted by Crippen LogP contribution is 2.24. The Hall–Kier alpha value is -2.73. The maximum absolute atomic E-state index is 12.7. The van der Waals surface area contributed by atoms with Gasteiger partial charge in [-0.25, -0.2) is 0 Å². The Morgan fingerprint density at radius 3 is 2.50 bits per heavy atom. The molecule has 0 radical (unpaired) electrons. The third-order valence-electron chi connectivity index (χ3n) is 4.69. The molecule has 1 heterocycles. The van der Waals surface area contributed by atoms with Gasteiger partial charge in [-0.2, -0.15) is 0 Å². The van der Waals surface area contributed by atoms with Crippen LogP contribution in [0.4, 0.5) is 5.69 Å². The molecule has 0 atom stereocenters. The fourth-order valence-electron chi connectivity index (χ4n) is 3.12. The molecule has 2 aromatic rings. The van der Waals surface area contributed by atoms with Crippen LogP contribution in [-0.4, -0.2) is 43.5 Å². The van der Waals surface area contributed by atoms with Crippen molar-refractivity contribution in [2.24, 2.45) is 0 Å². The quantitative estimate of drug-likeness (QED) is 0.746. The number of carbonyl (C=O) groups is 2. The minimum Gasteiger partial charge on any atom is -0.497 e. The fourth-order valence-corrected chi connectivity index (χ4v) is 3.29. The minimum atomic E-state index is -0.171. The molecule has 148 valence electrons. The number of ether oxygens (including phenoxy) is 1. The molecule has 2 amide bonds. The van der Waals surface area contributed by atoms with Gasteiger partial charge in [-0.1, -0.05) is 23.7 Å². The average molecular weight is 402 g/mol. The molecular weight excluding hydrogens is 378 g/mol. The van der Waals surface area contributed by atoms with Crippen molar-refractivity contribution < 1.29 is 14.3 Å². The zero-order valence-corrected chi connectivity index (χ0v) is 16.6. The van der Waals surface area contributed by atoms with Gasteiger partial charge in [0, 0.05) is 30.3 Å². The molecular formula is C21H24ClN3O3. The predicted octanol–water partition coefficient (Wildman–Crippen LogP) is 3.31. The van der Waals surface area contributed by atoms with Gasteiger partial charge in [0.25, 0.3) is 5.91 Å². The highest BCUT2D eigenvalue weighted by atomic mass is 35.5. The molecule has 0 saturated carbocycles. The van der Waals surface area contributed by atoms with Crippen LogP contribution in [0.1, 0.15) is 28.8 Å². The second-order valence-electron chi connectivity index (χ2n) is 6.67. The number of benzene rings is 2. The number of halogens is 1. The lowest BCUT2D eigenvalue weighted by Gasteiger charge is -2.18. The summed E-state index contributed by atoms with van der Waals surface area (Å²) in [7, 11) is 1.61. The Morgan fingerprint density at radius 1 is 1.11 bits per heavy atom. The van der Waals surface area contributed by atoms with Gasteiger partial charge in [-0.3, -0.25) is 9.59 Å². The largest absolute Gasteiger partial charge is 0.497 e. The van der Waals surface area contributed by atoms with Gasteiger partial charge in [0.2, 0.25) is 5.91 Å². The third-order valence-corrected chi connectivity index (χ3v) is 4.93. The molecule has 1 saturated heterocycles. The zero-order valence-electron chi connectivity index (χ0n) is 15.8. The van der Waals surface area contributed by atoms with Gasteiger partial charge >= 0.3 is 0 Å². The van der Waals surface area contributed by atoms with Crippen molar-refractivity contribution in [2.75, 3.05) is 32.1 Å². The maximum Gasteiger partial charge on any atom is 0.255 e. The van der Waals surface area contributed by atoms with E-state index in [1.54, 1.807) is 25.3 Å². The summed E-state index contributed by atoms with van der Waals surface area (Å²) in [5.41, 5.74) is 2.08. The summed E-state index contributed by atoms with van der Waals surface area (Å²) in [6.07, 6.45) is 2.05. The summed E-state index contributed by atoms with van der Waals surface area (Å²) < 4.78 is 5.12. The summed E-state index contributed by atoms with van der Waals surface area (Å²) in [5.74, 6) is 0.568. The summed E-state index contributed by atoms with van der Waals surface area (Å²) in [5, 5.41) is 6.42. The number of nitrogens with zero attached hydrogens (tertiary/aromatic N) is 1. The standard InChI is InChI=1S/C21H24ClN3O3/c1-28-17-7-4-15(5-8-17)13-24-20(26)14-23-19-12-16(22)6-9-18(19)21(27)25-10-2-3-11-25/h4-9,12,23H,2-3,10-11,13-14H2,1H3,(H,24,26). The summed E-state index contributed by atoms with van der Waals surface area (Å²) >= 11 is 6.09. The van der Waals surface area contributed by atoms with E-state index in [0.29, 0.717) is 22.8 Å². The van der Waals surface area contributed by atoms with Gasteiger partial charge < -0.3 is 20.3 Å². The van der Waals surface area contributed by atoms with E-state index in [0.717, 1.165) is 37.2 Å². The lowest BCUT2D eigenvalue weighted by molar-refractivity contribution is -0.119. The Morgan fingerprint density at radius 2 is 1.82 bits per heavy atom. The van der Waals surface area contributed by atoms with E-state index >= 15 is 0 Å². The van der Waals surface area contributed by atoms with Crippen molar-refractivity contribution in [3.8, 4) is 5.75 Å². The van der Waals surface area contributed by atoms with E-state index in [4.69, 9.17) is 16.3 Å². The van der Waals surface area contributed by atoms with Crippen molar-refractivity contribution in [1.29, 1.82) is 0 Å². The molecule has 0 bridgehead atoms. The van der Waals surface area contributed by atoms with Gasteiger partial charge in [-0.05, 0) is 48.7 Å². The molecule has 3 rings (SSSR count). The van der Waals surface area contributed by atoms with Crippen LogP contribution in [0.25, 0.3) is 0 Å². The number of amides is 2. The number of rotatable bonds is 7. The molecule has 0 aliphatic carbocycles. The average Bonchev–Trinajstić information content (AvgIpc) is 3.25. The molecule has 0 unspecified atom stereocenters. The summed E-state index contributed by atoms with van der Waals surface area (Å²) in [4.78, 5) is 26.8. The number of carbonyl (C=O) groups excluding carboxylic acids is 2.